The van der Waals surface area contributed by atoms with E-state index >= 15 is 0 Å². The van der Waals surface area contributed by atoms with E-state index in [9.17, 15) is 0 Å². The maximum Gasteiger partial charge on any atom is 0.121 e. The second-order valence-electron chi connectivity index (χ2n) is 5.59. The predicted octanol–water partition coefficient (Wildman–Crippen LogP) is 1.99. The quantitative estimate of drug-likeness (QED) is 0.881. The van der Waals surface area contributed by atoms with Crippen LogP contribution < -0.4 is 5.32 Å². The molecule has 2 N–H and O–H groups in total. The minimum Gasteiger partial charge on any atom is -0.341 e. The lowest BCUT2D eigenvalue weighted by Crippen LogP contribution is -2.34. The molecule has 102 valence electrons. The molecule has 0 radical (unpaired) electrons. The van der Waals surface area contributed by atoms with E-state index in [0.717, 1.165) is 29.3 Å². The van der Waals surface area contributed by atoms with E-state index in [1.807, 2.05) is 12.1 Å². The number of piperidine rings is 1. The SMILES string of the molecule is CN(Cc1nc2ccccc2[nH]1)CC1CCNCC1. The molecule has 4 heteroatoms. The maximum absolute atomic E-state index is 4.64. The second kappa shape index (κ2) is 5.72. The maximum atomic E-state index is 4.64. The molecule has 1 aliphatic heterocycles. The Balaban J connectivity index is 1.60. The number of aromatic amines is 1. The first kappa shape index (κ1) is 12.6. The monoisotopic (exact) mass is 258 g/mol. The zero-order chi connectivity index (χ0) is 13.1. The van der Waals surface area contributed by atoms with Crippen molar-refractivity contribution >= 4 is 11.0 Å². The fourth-order valence-electron chi connectivity index (χ4n) is 2.91. The van der Waals surface area contributed by atoms with Crippen LogP contribution in [0.25, 0.3) is 11.0 Å². The average Bonchev–Trinajstić information content (AvgIpc) is 2.81. The molecule has 0 unspecified atom stereocenters. The molecule has 0 spiro atoms. The molecular formula is C15H22N4. The number of nitrogens with one attached hydrogen (secondary N) is 2. The fraction of sp³-hybridized carbons (Fsp3) is 0.533. The van der Waals surface area contributed by atoms with Gasteiger partial charge in [0.25, 0.3) is 0 Å². The summed E-state index contributed by atoms with van der Waals surface area (Å²) in [5, 5.41) is 3.42. The lowest BCUT2D eigenvalue weighted by atomic mass is 9.98. The summed E-state index contributed by atoms with van der Waals surface area (Å²) < 4.78 is 0. The van der Waals surface area contributed by atoms with E-state index in [1.165, 1.54) is 32.5 Å². The smallest absolute Gasteiger partial charge is 0.121 e. The van der Waals surface area contributed by atoms with Gasteiger partial charge in [0.05, 0.1) is 17.6 Å². The standard InChI is InChI=1S/C15H22N4/c1-19(10-12-6-8-16-9-7-12)11-15-17-13-4-2-3-5-14(13)18-15/h2-5,12,16H,6-11H2,1H3,(H,17,18). The third kappa shape index (κ3) is 3.14. The van der Waals surface area contributed by atoms with Crippen molar-refractivity contribution in [1.82, 2.24) is 20.2 Å². The Kier molecular flexibility index (Phi) is 3.80. The zero-order valence-electron chi connectivity index (χ0n) is 11.5. The Bertz CT molecular complexity index is 495. The highest BCUT2D eigenvalue weighted by Crippen LogP contribution is 2.15. The molecule has 1 aromatic carbocycles. The van der Waals surface area contributed by atoms with Crippen molar-refractivity contribution in [2.45, 2.75) is 19.4 Å². The summed E-state index contributed by atoms with van der Waals surface area (Å²) in [7, 11) is 2.19. The number of benzene rings is 1. The summed E-state index contributed by atoms with van der Waals surface area (Å²) in [6.07, 6.45) is 2.59. The molecule has 1 saturated heterocycles. The van der Waals surface area contributed by atoms with Crippen molar-refractivity contribution in [3.8, 4) is 0 Å². The first-order valence-electron chi connectivity index (χ1n) is 7.14. The van der Waals surface area contributed by atoms with Crippen LogP contribution in [0.4, 0.5) is 0 Å². The molecule has 1 aliphatic rings. The van der Waals surface area contributed by atoms with Gasteiger partial charge in [-0.1, -0.05) is 12.1 Å². The van der Waals surface area contributed by atoms with Crippen LogP contribution in [-0.2, 0) is 6.54 Å². The van der Waals surface area contributed by atoms with E-state index in [4.69, 9.17) is 0 Å². The van der Waals surface area contributed by atoms with Crippen molar-refractivity contribution in [3.05, 3.63) is 30.1 Å². The predicted molar refractivity (Wildman–Crippen MR) is 78.0 cm³/mol. The van der Waals surface area contributed by atoms with Crippen LogP contribution in [0, 0.1) is 5.92 Å². The van der Waals surface area contributed by atoms with E-state index in [2.05, 4.69) is 39.4 Å². The number of nitrogens with zero attached hydrogens (tertiary/aromatic N) is 2. The van der Waals surface area contributed by atoms with Crippen molar-refractivity contribution in [2.75, 3.05) is 26.7 Å². The molecular weight excluding hydrogens is 236 g/mol. The van der Waals surface area contributed by atoms with Gasteiger partial charge in [0.15, 0.2) is 0 Å². The molecule has 0 aliphatic carbocycles. The van der Waals surface area contributed by atoms with Gasteiger partial charge in [0.2, 0.25) is 0 Å². The van der Waals surface area contributed by atoms with Crippen LogP contribution in [0.15, 0.2) is 24.3 Å². The molecule has 2 aromatic rings. The molecule has 0 amide bonds. The summed E-state index contributed by atoms with van der Waals surface area (Å²) in [5.74, 6) is 1.90. The summed E-state index contributed by atoms with van der Waals surface area (Å²) >= 11 is 0. The summed E-state index contributed by atoms with van der Waals surface area (Å²) in [6.45, 7) is 4.41. The molecule has 3 rings (SSSR count). The van der Waals surface area contributed by atoms with E-state index in [1.54, 1.807) is 0 Å². The van der Waals surface area contributed by atoms with Crippen LogP contribution in [0.1, 0.15) is 18.7 Å². The minimum absolute atomic E-state index is 0.829. The lowest BCUT2D eigenvalue weighted by Gasteiger charge is -2.27. The highest BCUT2D eigenvalue weighted by Gasteiger charge is 2.15. The molecule has 0 bridgehead atoms. The number of imidazole rings is 1. The molecule has 4 nitrogen and oxygen atoms in total. The van der Waals surface area contributed by atoms with Gasteiger partial charge in [0, 0.05) is 6.54 Å². The normalized spacial score (nSPS) is 17.4. The number of fused-ring (bicyclic) bond motifs is 1. The molecule has 19 heavy (non-hydrogen) atoms. The van der Waals surface area contributed by atoms with Crippen LogP contribution in [0.2, 0.25) is 0 Å². The van der Waals surface area contributed by atoms with Gasteiger partial charge in [-0.05, 0) is 51.0 Å². The van der Waals surface area contributed by atoms with E-state index in [-0.39, 0.29) is 0 Å². The van der Waals surface area contributed by atoms with Gasteiger partial charge in [-0.3, -0.25) is 4.90 Å². The van der Waals surface area contributed by atoms with Crippen LogP contribution in [-0.4, -0.2) is 41.5 Å². The highest BCUT2D eigenvalue weighted by atomic mass is 15.1. The minimum atomic E-state index is 0.829. The first-order valence-corrected chi connectivity index (χ1v) is 7.14. The highest BCUT2D eigenvalue weighted by molar-refractivity contribution is 5.74. The van der Waals surface area contributed by atoms with Crippen molar-refractivity contribution in [1.29, 1.82) is 0 Å². The van der Waals surface area contributed by atoms with E-state index < -0.39 is 0 Å². The number of hydrogen-bond acceptors (Lipinski definition) is 3. The third-order valence-corrected chi connectivity index (χ3v) is 3.89. The first-order chi connectivity index (χ1) is 9.31. The number of para-hydroxylation sites is 2. The van der Waals surface area contributed by atoms with Gasteiger partial charge in [-0.25, -0.2) is 4.98 Å². The van der Waals surface area contributed by atoms with Crippen molar-refractivity contribution in [3.63, 3.8) is 0 Å². The summed E-state index contributed by atoms with van der Waals surface area (Å²) in [6, 6.07) is 8.22. The van der Waals surface area contributed by atoms with Crippen LogP contribution in [0.5, 0.6) is 0 Å². The second-order valence-corrected chi connectivity index (χ2v) is 5.59. The van der Waals surface area contributed by atoms with Crippen molar-refractivity contribution in [2.24, 2.45) is 5.92 Å². The Morgan fingerprint density at radius 2 is 2.05 bits per heavy atom. The van der Waals surface area contributed by atoms with Gasteiger partial charge in [-0.15, -0.1) is 0 Å². The van der Waals surface area contributed by atoms with Gasteiger partial charge in [0.1, 0.15) is 5.82 Å². The molecule has 0 saturated carbocycles. The molecule has 1 fully saturated rings. The summed E-state index contributed by atoms with van der Waals surface area (Å²) in [4.78, 5) is 10.4. The van der Waals surface area contributed by atoms with Crippen LogP contribution in [0.3, 0.4) is 0 Å². The van der Waals surface area contributed by atoms with Crippen molar-refractivity contribution < 1.29 is 0 Å². The molecule has 0 atom stereocenters. The van der Waals surface area contributed by atoms with Gasteiger partial charge < -0.3 is 10.3 Å². The Morgan fingerprint density at radius 3 is 2.84 bits per heavy atom. The number of H-pyrrole nitrogens is 1. The van der Waals surface area contributed by atoms with E-state index in [0.29, 0.717) is 0 Å². The Hall–Kier alpha value is -1.39. The summed E-state index contributed by atoms with van der Waals surface area (Å²) in [5.41, 5.74) is 2.19. The van der Waals surface area contributed by atoms with Gasteiger partial charge >= 0.3 is 0 Å². The Morgan fingerprint density at radius 1 is 1.26 bits per heavy atom. The average molecular weight is 258 g/mol. The number of rotatable bonds is 4. The van der Waals surface area contributed by atoms with Gasteiger partial charge in [-0.2, -0.15) is 0 Å². The number of hydrogen-bond donors (Lipinski definition) is 2. The topological polar surface area (TPSA) is 44.0 Å². The zero-order valence-corrected chi connectivity index (χ0v) is 11.5. The largest absolute Gasteiger partial charge is 0.341 e. The molecule has 1 aromatic heterocycles. The molecule has 2 heterocycles. The van der Waals surface area contributed by atoms with Crippen LogP contribution >= 0.6 is 0 Å². The number of aromatic nitrogens is 2. The third-order valence-electron chi connectivity index (χ3n) is 3.89. The lowest BCUT2D eigenvalue weighted by molar-refractivity contribution is 0.231. The fourth-order valence-corrected chi connectivity index (χ4v) is 2.91. The Labute approximate surface area is 114 Å².